The third-order valence-corrected chi connectivity index (χ3v) is 5.27. The number of carboxylic acid groups (broad SMARTS) is 1. The van der Waals surface area contributed by atoms with Crippen LogP contribution in [0.15, 0.2) is 4.52 Å². The van der Waals surface area contributed by atoms with Gasteiger partial charge >= 0.3 is 5.97 Å². The number of aliphatic hydroxyl groups excluding tert-OH is 1. The monoisotopic (exact) mass is 420 g/mol. The fraction of sp³-hybridized carbons (Fsp3) is 0.714. The average Bonchev–Trinajstić information content (AvgIpc) is 3.09. The molecule has 7 N–H and O–H groups in total. The topological polar surface area (TPSA) is 210 Å². The lowest BCUT2D eigenvalue weighted by molar-refractivity contribution is -0.141. The van der Waals surface area contributed by atoms with Crippen molar-refractivity contribution in [1.82, 2.24) is 24.9 Å². The summed E-state index contributed by atoms with van der Waals surface area (Å²) < 4.78 is 33.5. The Morgan fingerprint density at radius 3 is 2.64 bits per heavy atom. The predicted molar refractivity (Wildman–Crippen MR) is 93.7 cm³/mol. The van der Waals surface area contributed by atoms with E-state index in [9.17, 15) is 23.1 Å². The van der Waals surface area contributed by atoms with Gasteiger partial charge in [0.15, 0.2) is 5.82 Å². The number of amides is 1. The molecule has 2 heterocycles. The minimum atomic E-state index is -4.47. The molecular formula is C14H24N6O7S. The van der Waals surface area contributed by atoms with E-state index in [4.69, 9.17) is 15.4 Å². The first-order valence-electron chi connectivity index (χ1n) is 8.64. The molecule has 0 radical (unpaired) electrons. The molecule has 1 fully saturated rings. The Morgan fingerprint density at radius 2 is 2.11 bits per heavy atom. The van der Waals surface area contributed by atoms with Crippen molar-refractivity contribution in [3.05, 3.63) is 11.7 Å². The van der Waals surface area contributed by atoms with Gasteiger partial charge in [0, 0.05) is 0 Å². The summed E-state index contributed by atoms with van der Waals surface area (Å²) in [6.07, 6.45) is 0.772. The summed E-state index contributed by atoms with van der Waals surface area (Å²) in [5.41, 5.74) is 5.17. The first-order chi connectivity index (χ1) is 13.1. The normalized spacial score (nSPS) is 21.0. The molecule has 28 heavy (non-hydrogen) atoms. The van der Waals surface area contributed by atoms with Crippen LogP contribution in [0.4, 0.5) is 0 Å². The van der Waals surface area contributed by atoms with Crippen LogP contribution in [-0.4, -0.2) is 59.3 Å². The Hall–Kier alpha value is -2.13. The largest absolute Gasteiger partial charge is 0.480 e. The summed E-state index contributed by atoms with van der Waals surface area (Å²) in [6.45, 7) is 1.90. The first kappa shape index (κ1) is 22.2. The molecule has 1 aliphatic rings. The molecule has 1 saturated heterocycles. The summed E-state index contributed by atoms with van der Waals surface area (Å²) >= 11 is 0. The van der Waals surface area contributed by atoms with Crippen molar-refractivity contribution >= 4 is 22.1 Å². The molecule has 1 aliphatic heterocycles. The molecule has 1 amide bonds. The highest BCUT2D eigenvalue weighted by Gasteiger charge is 2.33. The van der Waals surface area contributed by atoms with E-state index in [0.717, 1.165) is 32.7 Å². The van der Waals surface area contributed by atoms with Crippen LogP contribution in [-0.2, 0) is 19.8 Å². The fourth-order valence-electron chi connectivity index (χ4n) is 2.73. The number of aliphatic hydroxyl groups is 1. The van der Waals surface area contributed by atoms with Crippen LogP contribution < -0.4 is 20.5 Å². The molecule has 0 saturated carbocycles. The zero-order chi connectivity index (χ0) is 20.9. The zero-order valence-corrected chi connectivity index (χ0v) is 16.0. The molecule has 1 unspecified atom stereocenters. The van der Waals surface area contributed by atoms with Crippen LogP contribution in [0.3, 0.4) is 0 Å². The number of nitrogens with one attached hydrogen (secondary N) is 3. The van der Waals surface area contributed by atoms with Gasteiger partial charge in [0.1, 0.15) is 12.1 Å². The van der Waals surface area contributed by atoms with Crippen molar-refractivity contribution in [3.63, 3.8) is 0 Å². The summed E-state index contributed by atoms with van der Waals surface area (Å²) in [6, 6.07) is -3.25. The molecule has 158 valence electrons. The minimum absolute atomic E-state index is 0.151. The highest BCUT2D eigenvalue weighted by molar-refractivity contribution is 7.87. The first-order valence-corrected chi connectivity index (χ1v) is 10.1. The summed E-state index contributed by atoms with van der Waals surface area (Å²) in [5.74, 6) is -2.27. The maximum Gasteiger partial charge on any atom is 0.324 e. The van der Waals surface area contributed by atoms with Crippen LogP contribution >= 0.6 is 0 Å². The Bertz CT molecular complexity index is 790. The van der Waals surface area contributed by atoms with Gasteiger partial charge in [-0.05, 0) is 26.3 Å². The van der Waals surface area contributed by atoms with Gasteiger partial charge in [-0.15, -0.1) is 0 Å². The number of hydrogen-bond donors (Lipinski definition) is 6. The molecule has 0 bridgehead atoms. The van der Waals surface area contributed by atoms with Crippen LogP contribution in [0, 0.1) is 0 Å². The molecule has 0 spiro atoms. The number of rotatable bonds is 10. The van der Waals surface area contributed by atoms with Gasteiger partial charge in [0.2, 0.25) is 11.8 Å². The number of aromatic nitrogens is 2. The Kier molecular flexibility index (Phi) is 7.42. The number of piperidine rings is 1. The standard InChI is InChI=1S/C14H24N6O7S/c1-7(21)11(14(23)24)20-28(25,26)19-9(6-10(15)22)13-17-12(18-27-13)8-4-2-3-5-16-8/h7-9,11,16,19-21H,2-6H2,1H3,(H2,15,22)(H,23,24)/t7?,8-,9+,11+/m1/s1. The van der Waals surface area contributed by atoms with Gasteiger partial charge in [-0.3, -0.25) is 9.59 Å². The molecule has 0 aliphatic carbocycles. The van der Waals surface area contributed by atoms with Crippen molar-refractivity contribution < 1.29 is 32.7 Å². The van der Waals surface area contributed by atoms with Gasteiger partial charge in [-0.2, -0.15) is 22.8 Å². The van der Waals surface area contributed by atoms with Crippen molar-refractivity contribution in [1.29, 1.82) is 0 Å². The highest BCUT2D eigenvalue weighted by Crippen LogP contribution is 2.23. The minimum Gasteiger partial charge on any atom is -0.480 e. The van der Waals surface area contributed by atoms with E-state index >= 15 is 0 Å². The van der Waals surface area contributed by atoms with Crippen molar-refractivity contribution in [3.8, 4) is 0 Å². The summed E-state index contributed by atoms with van der Waals surface area (Å²) in [5, 5.41) is 25.5. The molecule has 1 aromatic heterocycles. The number of nitrogens with zero attached hydrogens (tertiary/aromatic N) is 2. The predicted octanol–water partition coefficient (Wildman–Crippen LogP) is -1.94. The van der Waals surface area contributed by atoms with Crippen molar-refractivity contribution in [2.24, 2.45) is 5.73 Å². The van der Waals surface area contributed by atoms with E-state index in [1.54, 1.807) is 4.72 Å². The lowest BCUT2D eigenvalue weighted by Gasteiger charge is -2.20. The molecule has 1 aromatic rings. The SMILES string of the molecule is CC(O)[C@H](NS(=O)(=O)N[C@@H](CC(N)=O)c1nc([C@H]2CCCCN2)no1)C(=O)O. The molecule has 2 rings (SSSR count). The Morgan fingerprint density at radius 1 is 1.39 bits per heavy atom. The lowest BCUT2D eigenvalue weighted by Crippen LogP contribution is -2.52. The van der Waals surface area contributed by atoms with E-state index < -0.39 is 46.7 Å². The summed E-state index contributed by atoms with van der Waals surface area (Å²) in [7, 11) is -4.47. The van der Waals surface area contributed by atoms with E-state index in [1.165, 1.54) is 0 Å². The summed E-state index contributed by atoms with van der Waals surface area (Å²) in [4.78, 5) is 26.6. The number of carbonyl (C=O) groups excluding carboxylic acids is 1. The van der Waals surface area contributed by atoms with E-state index in [2.05, 4.69) is 20.2 Å². The average molecular weight is 420 g/mol. The lowest BCUT2D eigenvalue weighted by atomic mass is 10.0. The van der Waals surface area contributed by atoms with Crippen LogP contribution in [0.25, 0.3) is 0 Å². The fourth-order valence-corrected chi connectivity index (χ4v) is 3.99. The van der Waals surface area contributed by atoms with Crippen molar-refractivity contribution in [2.45, 2.75) is 56.8 Å². The molecular weight excluding hydrogens is 396 g/mol. The van der Waals surface area contributed by atoms with E-state index in [-0.39, 0.29) is 11.9 Å². The van der Waals surface area contributed by atoms with Gasteiger partial charge < -0.3 is 25.8 Å². The maximum absolute atomic E-state index is 12.3. The smallest absolute Gasteiger partial charge is 0.324 e. The van der Waals surface area contributed by atoms with Gasteiger partial charge in [0.25, 0.3) is 10.2 Å². The van der Waals surface area contributed by atoms with E-state index in [0.29, 0.717) is 5.82 Å². The van der Waals surface area contributed by atoms with Crippen molar-refractivity contribution in [2.75, 3.05) is 6.54 Å². The number of carbonyl (C=O) groups is 2. The third-order valence-electron chi connectivity index (χ3n) is 4.11. The molecule has 0 aromatic carbocycles. The Labute approximate surface area is 161 Å². The number of primary amides is 1. The Balaban J connectivity index is 2.18. The van der Waals surface area contributed by atoms with Crippen LogP contribution in [0.5, 0.6) is 0 Å². The maximum atomic E-state index is 12.3. The quantitative estimate of drug-likeness (QED) is 0.246. The van der Waals surface area contributed by atoms with E-state index in [1.807, 2.05) is 0 Å². The van der Waals surface area contributed by atoms with Crippen LogP contribution in [0.1, 0.15) is 56.4 Å². The number of nitrogens with two attached hydrogens (primary N) is 1. The van der Waals surface area contributed by atoms with Crippen LogP contribution in [0.2, 0.25) is 0 Å². The number of hydrogen-bond acceptors (Lipinski definition) is 9. The second-order valence-electron chi connectivity index (χ2n) is 6.51. The molecule has 13 nitrogen and oxygen atoms in total. The molecule has 14 heteroatoms. The third kappa shape index (κ3) is 6.20. The second kappa shape index (κ2) is 9.38. The number of carboxylic acids is 1. The molecule has 4 atom stereocenters. The highest BCUT2D eigenvalue weighted by atomic mass is 32.2. The zero-order valence-electron chi connectivity index (χ0n) is 15.2. The number of aliphatic carboxylic acids is 1. The van der Waals surface area contributed by atoms with Gasteiger partial charge in [0.05, 0.1) is 18.6 Å². The second-order valence-corrected chi connectivity index (χ2v) is 7.99. The van der Waals surface area contributed by atoms with Gasteiger partial charge in [-0.25, -0.2) is 0 Å². The van der Waals surface area contributed by atoms with Gasteiger partial charge in [-0.1, -0.05) is 11.6 Å².